The molecule has 0 bridgehead atoms. The quantitative estimate of drug-likeness (QED) is 0.641. The third kappa shape index (κ3) is 4.79. The smallest absolute Gasteiger partial charge is 0.338 e. The van der Waals surface area contributed by atoms with E-state index in [2.05, 4.69) is 5.32 Å². The maximum atomic E-state index is 12.4. The van der Waals surface area contributed by atoms with Gasteiger partial charge in [0.1, 0.15) is 0 Å². The molecule has 0 aromatic heterocycles. The van der Waals surface area contributed by atoms with Gasteiger partial charge in [-0.3, -0.25) is 9.59 Å². The van der Waals surface area contributed by atoms with Gasteiger partial charge < -0.3 is 10.1 Å². The van der Waals surface area contributed by atoms with Crippen LogP contribution in [0.2, 0.25) is 0 Å². The summed E-state index contributed by atoms with van der Waals surface area (Å²) in [5.74, 6) is -0.735. The van der Waals surface area contributed by atoms with E-state index in [1.807, 2.05) is 20.8 Å². The van der Waals surface area contributed by atoms with Crippen molar-refractivity contribution in [3.63, 3.8) is 0 Å². The standard InChI is InChI=1S/C21H23NO4/c1-5-26-20(25)16-7-6-8-17(13-16)22-19(24)15-11-9-14(10-12-15)18(23)21(2,3)4/h6-13H,5H2,1-4H3,(H,22,24). The van der Waals surface area contributed by atoms with Crippen LogP contribution in [-0.4, -0.2) is 24.3 Å². The molecule has 0 saturated heterocycles. The average molecular weight is 353 g/mol. The highest BCUT2D eigenvalue weighted by atomic mass is 16.5. The van der Waals surface area contributed by atoms with E-state index in [4.69, 9.17) is 4.74 Å². The van der Waals surface area contributed by atoms with Gasteiger partial charge in [-0.25, -0.2) is 4.79 Å². The van der Waals surface area contributed by atoms with E-state index in [0.717, 1.165) is 0 Å². The topological polar surface area (TPSA) is 72.5 Å². The van der Waals surface area contributed by atoms with Gasteiger partial charge in [-0.2, -0.15) is 0 Å². The molecule has 1 amide bonds. The van der Waals surface area contributed by atoms with Crippen LogP contribution in [0.4, 0.5) is 5.69 Å². The molecule has 0 fully saturated rings. The summed E-state index contributed by atoms with van der Waals surface area (Å²) in [6, 6.07) is 13.1. The number of carbonyl (C=O) groups is 3. The van der Waals surface area contributed by atoms with Gasteiger partial charge >= 0.3 is 5.97 Å². The summed E-state index contributed by atoms with van der Waals surface area (Å²) >= 11 is 0. The number of Topliss-reactive ketones (excluding diaryl/α,β-unsaturated/α-hetero) is 1. The fraction of sp³-hybridized carbons (Fsp3) is 0.286. The summed E-state index contributed by atoms with van der Waals surface area (Å²) in [4.78, 5) is 36.4. The third-order valence-electron chi connectivity index (χ3n) is 3.72. The number of nitrogens with one attached hydrogen (secondary N) is 1. The average Bonchev–Trinajstić information content (AvgIpc) is 2.61. The minimum atomic E-state index is -0.475. The molecule has 2 aromatic carbocycles. The maximum absolute atomic E-state index is 12.4. The first-order chi connectivity index (χ1) is 12.2. The van der Waals surface area contributed by atoms with E-state index in [0.29, 0.717) is 22.4 Å². The molecule has 0 unspecified atom stereocenters. The number of rotatable bonds is 5. The first-order valence-corrected chi connectivity index (χ1v) is 8.46. The largest absolute Gasteiger partial charge is 0.462 e. The third-order valence-corrected chi connectivity index (χ3v) is 3.72. The van der Waals surface area contributed by atoms with Crippen LogP contribution >= 0.6 is 0 Å². The van der Waals surface area contributed by atoms with E-state index >= 15 is 0 Å². The second-order valence-corrected chi connectivity index (χ2v) is 6.91. The van der Waals surface area contributed by atoms with Crippen molar-refractivity contribution in [3.8, 4) is 0 Å². The Morgan fingerprint density at radius 2 is 1.54 bits per heavy atom. The van der Waals surface area contributed by atoms with E-state index < -0.39 is 11.4 Å². The molecule has 0 radical (unpaired) electrons. The first-order valence-electron chi connectivity index (χ1n) is 8.46. The molecule has 0 aliphatic heterocycles. The molecule has 2 rings (SSSR count). The van der Waals surface area contributed by atoms with Gasteiger partial charge in [0.15, 0.2) is 5.78 Å². The van der Waals surface area contributed by atoms with E-state index in [1.54, 1.807) is 55.5 Å². The van der Waals surface area contributed by atoms with Crippen LogP contribution in [0.15, 0.2) is 48.5 Å². The van der Waals surface area contributed by atoms with Gasteiger partial charge in [0.05, 0.1) is 12.2 Å². The molecule has 0 heterocycles. The van der Waals surface area contributed by atoms with Crippen molar-refractivity contribution < 1.29 is 19.1 Å². The second kappa shape index (κ2) is 7.95. The van der Waals surface area contributed by atoms with Crippen molar-refractivity contribution in [3.05, 3.63) is 65.2 Å². The summed E-state index contributed by atoms with van der Waals surface area (Å²) in [7, 11) is 0. The summed E-state index contributed by atoms with van der Waals surface area (Å²) < 4.78 is 4.95. The van der Waals surface area contributed by atoms with E-state index in [1.165, 1.54) is 0 Å². The summed E-state index contributed by atoms with van der Waals surface area (Å²) in [5.41, 5.74) is 1.39. The Morgan fingerprint density at radius 3 is 2.12 bits per heavy atom. The van der Waals surface area contributed by atoms with Crippen molar-refractivity contribution in [2.24, 2.45) is 5.41 Å². The predicted molar refractivity (Wildman–Crippen MR) is 101 cm³/mol. The highest BCUT2D eigenvalue weighted by molar-refractivity contribution is 6.06. The lowest BCUT2D eigenvalue weighted by Crippen LogP contribution is -2.20. The molecule has 0 aliphatic carbocycles. The molecule has 5 heteroatoms. The Morgan fingerprint density at radius 1 is 0.923 bits per heavy atom. The summed E-state index contributed by atoms with van der Waals surface area (Å²) in [6.07, 6.45) is 0. The number of hydrogen-bond donors (Lipinski definition) is 1. The van der Waals surface area contributed by atoms with E-state index in [-0.39, 0.29) is 18.3 Å². The lowest BCUT2D eigenvalue weighted by Gasteiger charge is -2.16. The molecule has 0 saturated carbocycles. The van der Waals surface area contributed by atoms with Crippen molar-refractivity contribution in [2.45, 2.75) is 27.7 Å². The first kappa shape index (κ1) is 19.4. The molecule has 1 N–H and O–H groups in total. The van der Waals surface area contributed by atoms with Gasteiger partial charge in [0.2, 0.25) is 0 Å². The van der Waals surface area contributed by atoms with Gasteiger partial charge in [0, 0.05) is 22.2 Å². The minimum absolute atomic E-state index is 0.0200. The minimum Gasteiger partial charge on any atom is -0.462 e. The SMILES string of the molecule is CCOC(=O)c1cccc(NC(=O)c2ccc(C(=O)C(C)(C)C)cc2)c1. The zero-order chi connectivity index (χ0) is 19.3. The molecule has 0 atom stereocenters. The number of benzene rings is 2. The number of ether oxygens (including phenoxy) is 1. The van der Waals surface area contributed by atoms with Crippen LogP contribution < -0.4 is 5.32 Å². The molecule has 0 aliphatic rings. The summed E-state index contributed by atoms with van der Waals surface area (Å²) in [6.45, 7) is 7.58. The van der Waals surface area contributed by atoms with Gasteiger partial charge in [-0.1, -0.05) is 39.0 Å². The monoisotopic (exact) mass is 353 g/mol. The molecule has 26 heavy (non-hydrogen) atoms. The number of ketones is 1. The Bertz CT molecular complexity index is 817. The Kier molecular flexibility index (Phi) is 5.93. The second-order valence-electron chi connectivity index (χ2n) is 6.91. The van der Waals surface area contributed by atoms with Crippen molar-refractivity contribution in [1.82, 2.24) is 0 Å². The normalized spacial score (nSPS) is 10.9. The predicted octanol–water partition coefficient (Wildman–Crippen LogP) is 4.34. The Hall–Kier alpha value is -2.95. The van der Waals surface area contributed by atoms with Crippen molar-refractivity contribution >= 4 is 23.3 Å². The van der Waals surface area contributed by atoms with Crippen LogP contribution in [0.5, 0.6) is 0 Å². The van der Waals surface area contributed by atoms with Crippen LogP contribution in [0, 0.1) is 5.41 Å². The molecule has 5 nitrogen and oxygen atoms in total. The lowest BCUT2D eigenvalue weighted by molar-refractivity contribution is 0.0526. The number of carbonyl (C=O) groups excluding carboxylic acids is 3. The van der Waals surface area contributed by atoms with Gasteiger partial charge in [-0.15, -0.1) is 0 Å². The van der Waals surface area contributed by atoms with Gasteiger partial charge in [0.25, 0.3) is 5.91 Å². The maximum Gasteiger partial charge on any atom is 0.338 e. The highest BCUT2D eigenvalue weighted by Gasteiger charge is 2.22. The Balaban J connectivity index is 2.12. The lowest BCUT2D eigenvalue weighted by atomic mass is 9.86. The zero-order valence-electron chi connectivity index (χ0n) is 15.5. The number of amides is 1. The zero-order valence-corrected chi connectivity index (χ0v) is 15.5. The van der Waals surface area contributed by atoms with Crippen LogP contribution in [0.25, 0.3) is 0 Å². The molecular weight excluding hydrogens is 330 g/mol. The number of esters is 1. The fourth-order valence-electron chi connectivity index (χ4n) is 2.35. The number of hydrogen-bond acceptors (Lipinski definition) is 4. The number of anilines is 1. The van der Waals surface area contributed by atoms with Crippen LogP contribution in [0.1, 0.15) is 58.8 Å². The van der Waals surface area contributed by atoms with Crippen molar-refractivity contribution in [1.29, 1.82) is 0 Å². The van der Waals surface area contributed by atoms with Crippen molar-refractivity contribution in [2.75, 3.05) is 11.9 Å². The Labute approximate surface area is 153 Å². The molecule has 136 valence electrons. The molecule has 0 spiro atoms. The van der Waals surface area contributed by atoms with Gasteiger partial charge in [-0.05, 0) is 37.3 Å². The highest BCUT2D eigenvalue weighted by Crippen LogP contribution is 2.21. The van der Waals surface area contributed by atoms with Crippen LogP contribution in [-0.2, 0) is 4.74 Å². The van der Waals surface area contributed by atoms with E-state index in [9.17, 15) is 14.4 Å². The van der Waals surface area contributed by atoms with Crippen LogP contribution in [0.3, 0.4) is 0 Å². The fourth-order valence-corrected chi connectivity index (χ4v) is 2.35. The molecule has 2 aromatic rings. The molecular formula is C21H23NO4. The summed E-state index contributed by atoms with van der Waals surface area (Å²) in [5, 5.41) is 2.74.